The van der Waals surface area contributed by atoms with Gasteiger partial charge in [0, 0.05) is 5.69 Å². The summed E-state index contributed by atoms with van der Waals surface area (Å²) in [5.74, 6) is -0.979. The number of hydrogen-bond donors (Lipinski definition) is 2. The van der Waals surface area contributed by atoms with Crippen LogP contribution in [0, 0.1) is 0 Å². The number of fused-ring (bicyclic) bond motifs is 1. The lowest BCUT2D eigenvalue weighted by Crippen LogP contribution is -2.27. The molecule has 1 aliphatic heterocycles. The van der Waals surface area contributed by atoms with Crippen LogP contribution in [0.25, 0.3) is 0 Å². The summed E-state index contributed by atoms with van der Waals surface area (Å²) < 4.78 is 0. The van der Waals surface area contributed by atoms with Gasteiger partial charge in [-0.2, -0.15) is 0 Å². The molecule has 1 amide bonds. The van der Waals surface area contributed by atoms with E-state index in [0.29, 0.717) is 6.42 Å². The zero-order valence-electron chi connectivity index (χ0n) is 10.1. The van der Waals surface area contributed by atoms with Crippen LogP contribution in [0.5, 0.6) is 0 Å². The number of hydrogen-bond acceptors (Lipinski definition) is 3. The van der Waals surface area contributed by atoms with E-state index in [4.69, 9.17) is 5.11 Å². The summed E-state index contributed by atoms with van der Waals surface area (Å²) >= 11 is 1.21. The smallest absolute Gasteiger partial charge is 0.316 e. The number of amides is 1. The maximum absolute atomic E-state index is 12.0. The number of anilines is 1. The van der Waals surface area contributed by atoms with E-state index < -0.39 is 11.2 Å². The Hall–Kier alpha value is -1.49. The normalized spacial score (nSPS) is 20.5. The Kier molecular flexibility index (Phi) is 3.91. The second-order valence-electron chi connectivity index (χ2n) is 4.29. The maximum atomic E-state index is 12.0. The van der Waals surface area contributed by atoms with Crippen molar-refractivity contribution >= 4 is 29.3 Å². The summed E-state index contributed by atoms with van der Waals surface area (Å²) in [5, 5.41) is 10.9. The highest BCUT2D eigenvalue weighted by Crippen LogP contribution is 2.29. The molecular weight excluding hydrogens is 250 g/mol. The van der Waals surface area contributed by atoms with Gasteiger partial charge in [-0.3, -0.25) is 9.59 Å². The van der Waals surface area contributed by atoms with Crippen LogP contribution in [0.4, 0.5) is 5.69 Å². The molecule has 0 aromatic heterocycles. The largest absolute Gasteiger partial charge is 0.480 e. The topological polar surface area (TPSA) is 66.4 Å². The number of aryl methyl sites for hydroxylation is 1. The second-order valence-corrected chi connectivity index (χ2v) is 5.84. The minimum atomic E-state index is -0.880. The number of aliphatic carboxylic acids is 1. The van der Waals surface area contributed by atoms with E-state index in [1.165, 1.54) is 11.8 Å². The van der Waals surface area contributed by atoms with Crippen molar-refractivity contribution in [3.05, 3.63) is 29.8 Å². The van der Waals surface area contributed by atoms with Gasteiger partial charge < -0.3 is 10.4 Å². The van der Waals surface area contributed by atoms with Gasteiger partial charge in [-0.1, -0.05) is 18.2 Å². The van der Waals surface area contributed by atoms with E-state index >= 15 is 0 Å². The highest BCUT2D eigenvalue weighted by Gasteiger charge is 2.27. The molecule has 0 bridgehead atoms. The minimum Gasteiger partial charge on any atom is -0.480 e. The Bertz CT molecular complexity index is 475. The van der Waals surface area contributed by atoms with E-state index in [1.54, 1.807) is 6.92 Å². The Balaban J connectivity index is 2.10. The molecule has 0 saturated carbocycles. The van der Waals surface area contributed by atoms with Gasteiger partial charge in [0.1, 0.15) is 5.25 Å². The molecule has 5 heteroatoms. The van der Waals surface area contributed by atoms with Crippen LogP contribution in [0.1, 0.15) is 18.9 Å². The standard InChI is InChI=1S/C13H15NO3S/c1-8(13(16)17)18-11-7-6-9-4-2-3-5-10(9)14-12(11)15/h2-5,8,11H,6-7H2,1H3,(H,14,15)(H,16,17)/t8-,11-/m0/s1. The molecule has 1 heterocycles. The van der Waals surface area contributed by atoms with Crippen molar-refractivity contribution in [1.29, 1.82) is 0 Å². The SMILES string of the molecule is C[C@H](S[C@H]1CCc2ccccc2NC1=O)C(=O)O. The molecule has 2 rings (SSSR count). The van der Waals surface area contributed by atoms with Gasteiger partial charge in [0.15, 0.2) is 0 Å². The van der Waals surface area contributed by atoms with Gasteiger partial charge in [-0.25, -0.2) is 0 Å². The molecule has 1 aliphatic rings. The molecule has 0 saturated heterocycles. The second kappa shape index (κ2) is 5.44. The number of rotatable bonds is 3. The fourth-order valence-corrected chi connectivity index (χ4v) is 2.97. The van der Waals surface area contributed by atoms with Crippen LogP contribution >= 0.6 is 11.8 Å². The zero-order chi connectivity index (χ0) is 13.1. The van der Waals surface area contributed by atoms with Crippen molar-refractivity contribution in [3.8, 4) is 0 Å². The Labute approximate surface area is 110 Å². The molecule has 2 atom stereocenters. The van der Waals surface area contributed by atoms with Crippen molar-refractivity contribution in [3.63, 3.8) is 0 Å². The van der Waals surface area contributed by atoms with Gasteiger partial charge in [0.2, 0.25) is 5.91 Å². The van der Waals surface area contributed by atoms with E-state index in [-0.39, 0.29) is 11.2 Å². The minimum absolute atomic E-state index is 0.0990. The molecule has 0 fully saturated rings. The quantitative estimate of drug-likeness (QED) is 0.878. The van der Waals surface area contributed by atoms with Crippen molar-refractivity contribution in [2.75, 3.05) is 5.32 Å². The fraction of sp³-hybridized carbons (Fsp3) is 0.385. The number of carbonyl (C=O) groups excluding carboxylic acids is 1. The fourth-order valence-electron chi connectivity index (χ4n) is 1.93. The molecule has 2 N–H and O–H groups in total. The molecule has 0 unspecified atom stereocenters. The zero-order valence-corrected chi connectivity index (χ0v) is 10.9. The first-order valence-corrected chi connectivity index (χ1v) is 6.79. The van der Waals surface area contributed by atoms with Gasteiger partial charge in [-0.05, 0) is 31.4 Å². The molecule has 96 valence electrons. The van der Waals surface area contributed by atoms with Gasteiger partial charge >= 0.3 is 5.97 Å². The lowest BCUT2D eigenvalue weighted by atomic mass is 10.1. The van der Waals surface area contributed by atoms with Crippen LogP contribution in [0.15, 0.2) is 24.3 Å². The first kappa shape index (κ1) is 13.0. The van der Waals surface area contributed by atoms with Crippen LogP contribution in [-0.2, 0) is 16.0 Å². The van der Waals surface area contributed by atoms with Crippen LogP contribution < -0.4 is 5.32 Å². The number of nitrogens with one attached hydrogen (secondary N) is 1. The molecule has 1 aromatic rings. The van der Waals surface area contributed by atoms with E-state index in [0.717, 1.165) is 17.7 Å². The first-order chi connectivity index (χ1) is 8.58. The van der Waals surface area contributed by atoms with Gasteiger partial charge in [-0.15, -0.1) is 11.8 Å². The summed E-state index contributed by atoms with van der Waals surface area (Å²) in [6.45, 7) is 1.61. The number of carbonyl (C=O) groups is 2. The van der Waals surface area contributed by atoms with Crippen molar-refractivity contribution < 1.29 is 14.7 Å². The number of thioether (sulfide) groups is 1. The predicted molar refractivity (Wildman–Crippen MR) is 71.9 cm³/mol. The number of benzene rings is 1. The molecule has 0 radical (unpaired) electrons. The molecular formula is C13H15NO3S. The summed E-state index contributed by atoms with van der Waals surface area (Å²) in [5.41, 5.74) is 1.95. The molecule has 1 aromatic carbocycles. The average molecular weight is 265 g/mol. The molecule has 4 nitrogen and oxygen atoms in total. The third-order valence-electron chi connectivity index (χ3n) is 2.96. The predicted octanol–water partition coefficient (Wildman–Crippen LogP) is 2.15. The average Bonchev–Trinajstić information content (AvgIpc) is 2.49. The van der Waals surface area contributed by atoms with Gasteiger partial charge in [0.05, 0.1) is 5.25 Å². The summed E-state index contributed by atoms with van der Waals surface area (Å²) in [4.78, 5) is 22.8. The van der Waals surface area contributed by atoms with Gasteiger partial charge in [0.25, 0.3) is 0 Å². The van der Waals surface area contributed by atoms with E-state index in [2.05, 4.69) is 5.32 Å². The Morgan fingerprint density at radius 1 is 1.50 bits per heavy atom. The lowest BCUT2D eigenvalue weighted by molar-refractivity contribution is -0.136. The molecule has 0 spiro atoms. The number of carboxylic acid groups (broad SMARTS) is 1. The van der Waals surface area contributed by atoms with E-state index in [1.807, 2.05) is 24.3 Å². The monoisotopic (exact) mass is 265 g/mol. The Morgan fingerprint density at radius 3 is 2.94 bits per heavy atom. The third kappa shape index (κ3) is 2.85. The van der Waals surface area contributed by atoms with Crippen LogP contribution in [0.2, 0.25) is 0 Å². The molecule has 0 aliphatic carbocycles. The highest BCUT2D eigenvalue weighted by atomic mass is 32.2. The van der Waals surface area contributed by atoms with Crippen molar-refractivity contribution in [1.82, 2.24) is 0 Å². The Morgan fingerprint density at radius 2 is 2.22 bits per heavy atom. The number of carboxylic acids is 1. The summed E-state index contributed by atoms with van der Waals surface area (Å²) in [7, 11) is 0. The highest BCUT2D eigenvalue weighted by molar-refractivity contribution is 8.01. The summed E-state index contributed by atoms with van der Waals surface area (Å²) in [6, 6.07) is 7.69. The van der Waals surface area contributed by atoms with Crippen LogP contribution in [-0.4, -0.2) is 27.5 Å². The number of para-hydroxylation sites is 1. The van der Waals surface area contributed by atoms with Crippen molar-refractivity contribution in [2.45, 2.75) is 30.3 Å². The molecule has 18 heavy (non-hydrogen) atoms. The van der Waals surface area contributed by atoms with E-state index in [9.17, 15) is 9.59 Å². The first-order valence-electron chi connectivity index (χ1n) is 5.85. The van der Waals surface area contributed by atoms with Crippen LogP contribution in [0.3, 0.4) is 0 Å². The lowest BCUT2D eigenvalue weighted by Gasteiger charge is -2.15. The summed E-state index contributed by atoms with van der Waals surface area (Å²) in [6.07, 6.45) is 1.46. The maximum Gasteiger partial charge on any atom is 0.316 e. The van der Waals surface area contributed by atoms with Crippen molar-refractivity contribution in [2.24, 2.45) is 0 Å². The third-order valence-corrected chi connectivity index (χ3v) is 4.35.